The Balaban J connectivity index is 3.70. The van der Waals surface area contributed by atoms with E-state index >= 15 is 0 Å². The van der Waals surface area contributed by atoms with Gasteiger partial charge < -0.3 is 4.90 Å². The maximum Gasteiger partial charge on any atom is 0.0334 e. The molecule has 0 heterocycles. The molecule has 66 valence electrons. The second kappa shape index (κ2) is 6.74. The molecule has 0 saturated carbocycles. The van der Waals surface area contributed by atoms with Crippen LogP contribution in [0.5, 0.6) is 0 Å². The average molecular weight is 184 g/mol. The van der Waals surface area contributed by atoms with Crippen LogP contribution in [-0.4, -0.2) is 19.0 Å². The van der Waals surface area contributed by atoms with E-state index < -0.39 is 0 Å². The smallest absolute Gasteiger partial charge is 0.0334 e. The molecule has 0 aliphatic carbocycles. The van der Waals surface area contributed by atoms with Crippen molar-refractivity contribution in [3.05, 3.63) is 48.2 Å². The van der Waals surface area contributed by atoms with Crippen LogP contribution in [0.2, 0.25) is 0 Å². The summed E-state index contributed by atoms with van der Waals surface area (Å²) in [6.45, 7) is 3.52. The van der Waals surface area contributed by atoms with Gasteiger partial charge >= 0.3 is 0 Å². The molecule has 0 aromatic rings. The lowest BCUT2D eigenvalue weighted by molar-refractivity contribution is 0.564. The van der Waals surface area contributed by atoms with Crippen LogP contribution in [0.3, 0.4) is 0 Å². The molecular formula is C10H14ClN. The van der Waals surface area contributed by atoms with E-state index in [0.29, 0.717) is 5.03 Å². The van der Waals surface area contributed by atoms with Crippen molar-refractivity contribution in [3.63, 3.8) is 0 Å². The summed E-state index contributed by atoms with van der Waals surface area (Å²) in [6.07, 6.45) is 11.3. The predicted octanol–water partition coefficient (Wildman–Crippen LogP) is 2.93. The standard InChI is InChI=1S/C10H14ClN/c1-10(11)8-6-4-5-7-9-12(2)3/h4-9H,1H2,2-3H3. The zero-order valence-electron chi connectivity index (χ0n) is 7.50. The second-order valence-corrected chi connectivity index (χ2v) is 2.98. The minimum atomic E-state index is 0.538. The molecule has 0 atom stereocenters. The Morgan fingerprint density at radius 2 is 1.75 bits per heavy atom. The van der Waals surface area contributed by atoms with Crippen LogP contribution >= 0.6 is 11.6 Å². The fraction of sp³-hybridized carbons (Fsp3) is 0.200. The molecular weight excluding hydrogens is 170 g/mol. The van der Waals surface area contributed by atoms with Crippen LogP contribution in [-0.2, 0) is 0 Å². The van der Waals surface area contributed by atoms with Crippen LogP contribution in [0, 0.1) is 0 Å². The van der Waals surface area contributed by atoms with Crippen LogP contribution < -0.4 is 0 Å². The highest BCUT2D eigenvalue weighted by molar-refractivity contribution is 6.30. The van der Waals surface area contributed by atoms with Crippen molar-refractivity contribution in [2.45, 2.75) is 0 Å². The quantitative estimate of drug-likeness (QED) is 0.606. The number of hydrogen-bond donors (Lipinski definition) is 0. The molecule has 0 aliphatic rings. The van der Waals surface area contributed by atoms with Gasteiger partial charge in [-0.1, -0.05) is 36.4 Å². The molecule has 0 aromatic carbocycles. The summed E-state index contributed by atoms with van der Waals surface area (Å²) in [5.41, 5.74) is 0. The zero-order chi connectivity index (χ0) is 9.40. The van der Waals surface area contributed by atoms with E-state index in [0.717, 1.165) is 0 Å². The maximum atomic E-state index is 5.50. The Kier molecular flexibility index (Phi) is 6.21. The molecule has 0 spiro atoms. The molecule has 0 N–H and O–H groups in total. The summed E-state index contributed by atoms with van der Waals surface area (Å²) >= 11 is 5.50. The summed E-state index contributed by atoms with van der Waals surface area (Å²) < 4.78 is 0. The van der Waals surface area contributed by atoms with Crippen LogP contribution in [0.4, 0.5) is 0 Å². The number of rotatable bonds is 4. The van der Waals surface area contributed by atoms with Crippen molar-refractivity contribution in [2.24, 2.45) is 0 Å². The fourth-order valence-electron chi connectivity index (χ4n) is 0.510. The highest BCUT2D eigenvalue weighted by atomic mass is 35.5. The van der Waals surface area contributed by atoms with Gasteiger partial charge in [-0.2, -0.15) is 0 Å². The molecule has 0 unspecified atom stereocenters. The van der Waals surface area contributed by atoms with E-state index in [2.05, 4.69) is 6.58 Å². The molecule has 1 nitrogen and oxygen atoms in total. The topological polar surface area (TPSA) is 3.24 Å². The third-order valence-electron chi connectivity index (χ3n) is 0.995. The first kappa shape index (κ1) is 11.1. The molecule has 0 radical (unpaired) electrons. The fourth-order valence-corrected chi connectivity index (χ4v) is 0.583. The lowest BCUT2D eigenvalue weighted by Crippen LogP contribution is -1.99. The van der Waals surface area contributed by atoms with Gasteiger partial charge in [0.25, 0.3) is 0 Å². The van der Waals surface area contributed by atoms with E-state index in [4.69, 9.17) is 11.6 Å². The van der Waals surface area contributed by atoms with E-state index in [1.54, 1.807) is 6.08 Å². The SMILES string of the molecule is C=C(Cl)C=CC=CC=CN(C)C. The minimum Gasteiger partial charge on any atom is -0.383 e. The van der Waals surface area contributed by atoms with Crippen molar-refractivity contribution in [3.8, 4) is 0 Å². The van der Waals surface area contributed by atoms with Gasteiger partial charge in [0.2, 0.25) is 0 Å². The molecule has 0 aliphatic heterocycles. The zero-order valence-corrected chi connectivity index (χ0v) is 8.25. The molecule has 0 amide bonds. The Labute approximate surface area is 79.3 Å². The normalized spacial score (nSPS) is 11.9. The molecule has 12 heavy (non-hydrogen) atoms. The summed E-state index contributed by atoms with van der Waals surface area (Å²) in [6, 6.07) is 0. The monoisotopic (exact) mass is 183 g/mol. The van der Waals surface area contributed by atoms with Crippen molar-refractivity contribution >= 4 is 11.6 Å². The van der Waals surface area contributed by atoms with Gasteiger partial charge in [0.1, 0.15) is 0 Å². The Morgan fingerprint density at radius 1 is 1.17 bits per heavy atom. The summed E-state index contributed by atoms with van der Waals surface area (Å²) in [4.78, 5) is 1.97. The summed E-state index contributed by atoms with van der Waals surface area (Å²) in [5.74, 6) is 0. The first-order chi connectivity index (χ1) is 5.63. The first-order valence-corrected chi connectivity index (χ1v) is 4.03. The van der Waals surface area contributed by atoms with Crippen LogP contribution in [0.25, 0.3) is 0 Å². The van der Waals surface area contributed by atoms with Gasteiger partial charge in [-0.3, -0.25) is 0 Å². The first-order valence-electron chi connectivity index (χ1n) is 3.65. The van der Waals surface area contributed by atoms with Gasteiger partial charge in [-0.15, -0.1) is 0 Å². The number of halogens is 1. The van der Waals surface area contributed by atoms with Gasteiger partial charge in [-0.25, -0.2) is 0 Å². The highest BCUT2D eigenvalue weighted by Gasteiger charge is 1.72. The molecule has 0 rings (SSSR count). The highest BCUT2D eigenvalue weighted by Crippen LogP contribution is 1.97. The number of hydrogen-bond acceptors (Lipinski definition) is 1. The van der Waals surface area contributed by atoms with Crippen molar-refractivity contribution in [1.29, 1.82) is 0 Å². The Hall–Kier alpha value is -0.950. The summed E-state index contributed by atoms with van der Waals surface area (Å²) in [7, 11) is 3.95. The van der Waals surface area contributed by atoms with Gasteiger partial charge in [0, 0.05) is 19.1 Å². The van der Waals surface area contributed by atoms with Crippen molar-refractivity contribution in [2.75, 3.05) is 14.1 Å². The van der Waals surface area contributed by atoms with Crippen LogP contribution in [0.1, 0.15) is 0 Å². The average Bonchev–Trinajstić information content (AvgIpc) is 1.95. The van der Waals surface area contributed by atoms with Gasteiger partial charge in [0.05, 0.1) is 0 Å². The molecule has 0 saturated heterocycles. The lowest BCUT2D eigenvalue weighted by atomic mass is 10.4. The van der Waals surface area contributed by atoms with E-state index in [-0.39, 0.29) is 0 Å². The largest absolute Gasteiger partial charge is 0.383 e. The minimum absolute atomic E-state index is 0.538. The van der Waals surface area contributed by atoms with Gasteiger partial charge in [0.15, 0.2) is 0 Å². The van der Waals surface area contributed by atoms with Crippen LogP contribution in [0.15, 0.2) is 48.2 Å². The van der Waals surface area contributed by atoms with Gasteiger partial charge in [-0.05, 0) is 18.4 Å². The molecule has 0 fully saturated rings. The second-order valence-electron chi connectivity index (χ2n) is 2.50. The molecule has 0 bridgehead atoms. The number of nitrogens with zero attached hydrogens (tertiary/aromatic N) is 1. The van der Waals surface area contributed by atoms with E-state index in [9.17, 15) is 0 Å². The summed E-state index contributed by atoms with van der Waals surface area (Å²) in [5, 5.41) is 0.538. The third-order valence-corrected chi connectivity index (χ3v) is 1.12. The lowest BCUT2D eigenvalue weighted by Gasteiger charge is -2.00. The maximum absolute atomic E-state index is 5.50. The predicted molar refractivity (Wildman–Crippen MR) is 56.1 cm³/mol. The van der Waals surface area contributed by atoms with Crippen molar-refractivity contribution in [1.82, 2.24) is 4.90 Å². The van der Waals surface area contributed by atoms with Crippen molar-refractivity contribution < 1.29 is 0 Å². The molecule has 0 aromatic heterocycles. The Bertz CT molecular complexity index is 212. The Morgan fingerprint density at radius 3 is 2.25 bits per heavy atom. The molecule has 2 heteroatoms. The van der Waals surface area contributed by atoms with E-state index in [1.807, 2.05) is 49.5 Å². The van der Waals surface area contributed by atoms with E-state index in [1.165, 1.54) is 0 Å². The number of allylic oxidation sites excluding steroid dienone is 6. The third kappa shape index (κ3) is 9.05.